The van der Waals surface area contributed by atoms with E-state index < -0.39 is 4.32 Å². The first-order chi connectivity index (χ1) is 4.88. The zero-order valence-corrected chi connectivity index (χ0v) is 8.60. The van der Waals surface area contributed by atoms with Gasteiger partial charge in [0.25, 0.3) is 0 Å². The minimum Gasteiger partial charge on any atom is -0.394 e. The quantitative estimate of drug-likeness (QED) is 0.692. The van der Waals surface area contributed by atoms with Gasteiger partial charge in [-0.1, -0.05) is 15.9 Å². The van der Waals surface area contributed by atoms with Crippen molar-refractivity contribution in [3.05, 3.63) is 0 Å². The molecule has 0 bridgehead atoms. The minimum atomic E-state index is -0.559. The minimum absolute atomic E-state index is 0.0329. The molecule has 0 spiro atoms. The highest BCUT2D eigenvalue weighted by atomic mass is 79.9. The fourth-order valence-corrected chi connectivity index (χ4v) is 0.556. The molecule has 0 aliphatic carbocycles. The molecule has 0 unspecified atom stereocenters. The van der Waals surface area contributed by atoms with E-state index in [0.717, 1.165) is 0 Å². The van der Waals surface area contributed by atoms with E-state index in [1.807, 2.05) is 0 Å². The molecule has 0 aliphatic heterocycles. The first-order valence-electron chi connectivity index (χ1n) is 3.48. The van der Waals surface area contributed by atoms with Crippen LogP contribution in [-0.4, -0.2) is 28.0 Å². The molecule has 0 aromatic heterocycles. The molecular weight excluding hydrogens is 210 g/mol. The number of nitrogens with one attached hydrogen (secondary N) is 1. The molecule has 0 fully saturated rings. The van der Waals surface area contributed by atoms with Crippen molar-refractivity contribution < 1.29 is 9.90 Å². The predicted octanol–water partition coefficient (Wildman–Crippen LogP) is 0.657. The van der Waals surface area contributed by atoms with Crippen LogP contribution in [0.2, 0.25) is 0 Å². The largest absolute Gasteiger partial charge is 0.394 e. The Hall–Kier alpha value is -0.0900. The van der Waals surface area contributed by atoms with Crippen LogP contribution in [0.15, 0.2) is 0 Å². The maximum Gasteiger partial charge on any atom is 0.236 e. The lowest BCUT2D eigenvalue weighted by molar-refractivity contribution is -0.123. The highest BCUT2D eigenvalue weighted by Gasteiger charge is 2.24. The van der Waals surface area contributed by atoms with E-state index in [4.69, 9.17) is 5.11 Å². The Kier molecular flexibility index (Phi) is 4.03. The van der Waals surface area contributed by atoms with Crippen LogP contribution in [-0.2, 0) is 4.79 Å². The maximum absolute atomic E-state index is 11.2. The van der Waals surface area contributed by atoms with Crippen molar-refractivity contribution >= 4 is 21.8 Å². The summed E-state index contributed by atoms with van der Waals surface area (Å²) in [5, 5.41) is 11.3. The fourth-order valence-electron chi connectivity index (χ4n) is 0.441. The van der Waals surface area contributed by atoms with Gasteiger partial charge in [0.2, 0.25) is 5.91 Å². The average molecular weight is 224 g/mol. The standard InChI is InChI=1S/C7H14BrNO2/c1-5(4-10)9-6(11)7(2,3)8/h5,10H,4H2,1-3H3,(H,9,11)/t5-/m1/s1. The normalized spacial score (nSPS) is 14.3. The lowest BCUT2D eigenvalue weighted by Gasteiger charge is -2.18. The van der Waals surface area contributed by atoms with E-state index in [9.17, 15) is 4.79 Å². The molecule has 0 rings (SSSR count). The summed E-state index contributed by atoms with van der Waals surface area (Å²) < 4.78 is -0.559. The molecule has 0 radical (unpaired) electrons. The molecule has 1 amide bonds. The van der Waals surface area contributed by atoms with Gasteiger partial charge in [0.15, 0.2) is 0 Å². The number of carbonyl (C=O) groups excluding carboxylic acids is 1. The van der Waals surface area contributed by atoms with Crippen LogP contribution in [0.25, 0.3) is 0 Å². The molecule has 0 heterocycles. The van der Waals surface area contributed by atoms with E-state index >= 15 is 0 Å². The van der Waals surface area contributed by atoms with E-state index in [1.165, 1.54) is 0 Å². The van der Waals surface area contributed by atoms with Crippen LogP contribution < -0.4 is 5.32 Å². The number of hydrogen-bond acceptors (Lipinski definition) is 2. The second-order valence-corrected chi connectivity index (χ2v) is 5.01. The SMILES string of the molecule is C[C@H](CO)NC(=O)C(C)(C)Br. The van der Waals surface area contributed by atoms with Crippen molar-refractivity contribution in [3.63, 3.8) is 0 Å². The summed E-state index contributed by atoms with van der Waals surface area (Å²) in [6.45, 7) is 5.23. The van der Waals surface area contributed by atoms with Crippen molar-refractivity contribution in [2.45, 2.75) is 31.1 Å². The Bertz CT molecular complexity index is 142. The van der Waals surface area contributed by atoms with E-state index in [1.54, 1.807) is 20.8 Å². The van der Waals surface area contributed by atoms with Crippen LogP contribution in [0.4, 0.5) is 0 Å². The maximum atomic E-state index is 11.2. The Labute approximate surface area is 75.3 Å². The van der Waals surface area contributed by atoms with E-state index in [2.05, 4.69) is 21.2 Å². The van der Waals surface area contributed by atoms with Gasteiger partial charge in [0, 0.05) is 6.04 Å². The smallest absolute Gasteiger partial charge is 0.236 e. The second-order valence-electron chi connectivity index (χ2n) is 3.03. The fraction of sp³-hybridized carbons (Fsp3) is 0.857. The van der Waals surface area contributed by atoms with Crippen LogP contribution >= 0.6 is 15.9 Å². The van der Waals surface area contributed by atoms with Crippen molar-refractivity contribution in [3.8, 4) is 0 Å². The number of aliphatic hydroxyl groups is 1. The topological polar surface area (TPSA) is 49.3 Å². The Morgan fingerprint density at radius 3 is 2.45 bits per heavy atom. The number of aliphatic hydroxyl groups excluding tert-OH is 1. The van der Waals surface area contributed by atoms with E-state index in [0.29, 0.717) is 0 Å². The third-order valence-corrected chi connectivity index (χ3v) is 1.55. The van der Waals surface area contributed by atoms with Crippen LogP contribution in [0, 0.1) is 0 Å². The average Bonchev–Trinajstić information content (AvgIpc) is 1.85. The van der Waals surface area contributed by atoms with Gasteiger partial charge in [-0.2, -0.15) is 0 Å². The van der Waals surface area contributed by atoms with Crippen molar-refractivity contribution in [2.75, 3.05) is 6.61 Å². The van der Waals surface area contributed by atoms with Crippen LogP contribution in [0.5, 0.6) is 0 Å². The van der Waals surface area contributed by atoms with Crippen molar-refractivity contribution in [1.29, 1.82) is 0 Å². The Balaban J connectivity index is 3.88. The summed E-state index contributed by atoms with van der Waals surface area (Å²) in [4.78, 5) is 11.2. The first-order valence-corrected chi connectivity index (χ1v) is 4.28. The Morgan fingerprint density at radius 2 is 2.18 bits per heavy atom. The number of alkyl halides is 1. The zero-order chi connectivity index (χ0) is 9.07. The zero-order valence-electron chi connectivity index (χ0n) is 7.02. The highest BCUT2D eigenvalue weighted by molar-refractivity contribution is 9.10. The van der Waals surface area contributed by atoms with Gasteiger partial charge in [-0.15, -0.1) is 0 Å². The molecule has 4 heteroatoms. The van der Waals surface area contributed by atoms with Gasteiger partial charge in [0.1, 0.15) is 0 Å². The molecule has 66 valence electrons. The molecule has 0 aromatic carbocycles. The first kappa shape index (κ1) is 10.9. The number of hydrogen-bond donors (Lipinski definition) is 2. The van der Waals surface area contributed by atoms with Crippen LogP contribution in [0.3, 0.4) is 0 Å². The molecule has 2 N–H and O–H groups in total. The molecule has 3 nitrogen and oxygen atoms in total. The molecule has 0 saturated heterocycles. The lowest BCUT2D eigenvalue weighted by atomic mass is 10.2. The third-order valence-electron chi connectivity index (χ3n) is 1.19. The highest BCUT2D eigenvalue weighted by Crippen LogP contribution is 2.15. The van der Waals surface area contributed by atoms with Gasteiger partial charge >= 0.3 is 0 Å². The molecule has 11 heavy (non-hydrogen) atoms. The number of halogens is 1. The summed E-state index contributed by atoms with van der Waals surface area (Å²) in [6, 6.07) is -0.181. The summed E-state index contributed by atoms with van der Waals surface area (Å²) in [5.41, 5.74) is 0. The number of carbonyl (C=O) groups is 1. The predicted molar refractivity (Wildman–Crippen MR) is 47.7 cm³/mol. The van der Waals surface area contributed by atoms with Gasteiger partial charge in [-0.05, 0) is 20.8 Å². The summed E-state index contributed by atoms with van der Waals surface area (Å²) >= 11 is 3.21. The number of amides is 1. The van der Waals surface area contributed by atoms with Crippen molar-refractivity contribution in [1.82, 2.24) is 5.32 Å². The summed E-state index contributed by atoms with van der Waals surface area (Å²) in [6.07, 6.45) is 0. The molecule has 0 aromatic rings. The summed E-state index contributed by atoms with van der Waals surface area (Å²) in [5.74, 6) is -0.112. The monoisotopic (exact) mass is 223 g/mol. The second kappa shape index (κ2) is 4.07. The summed E-state index contributed by atoms with van der Waals surface area (Å²) in [7, 11) is 0. The van der Waals surface area contributed by atoms with Gasteiger partial charge in [-0.3, -0.25) is 4.79 Å². The van der Waals surface area contributed by atoms with E-state index in [-0.39, 0.29) is 18.6 Å². The molecule has 1 atom stereocenters. The van der Waals surface area contributed by atoms with Crippen LogP contribution in [0.1, 0.15) is 20.8 Å². The number of rotatable bonds is 3. The van der Waals surface area contributed by atoms with Crippen molar-refractivity contribution in [2.24, 2.45) is 0 Å². The molecule has 0 saturated carbocycles. The third kappa shape index (κ3) is 4.37. The lowest BCUT2D eigenvalue weighted by Crippen LogP contribution is -2.43. The Morgan fingerprint density at radius 1 is 1.73 bits per heavy atom. The molecule has 0 aliphatic rings. The molecular formula is C7H14BrNO2. The van der Waals surface area contributed by atoms with Gasteiger partial charge in [0.05, 0.1) is 10.9 Å². The van der Waals surface area contributed by atoms with Gasteiger partial charge < -0.3 is 10.4 Å². The van der Waals surface area contributed by atoms with Gasteiger partial charge in [-0.25, -0.2) is 0 Å².